The third-order valence-electron chi connectivity index (χ3n) is 2.43. The summed E-state index contributed by atoms with van der Waals surface area (Å²) in [7, 11) is 0. The highest BCUT2D eigenvalue weighted by atomic mass is 19.1. The van der Waals surface area contributed by atoms with Crippen molar-refractivity contribution in [2.24, 2.45) is 10.9 Å². The van der Waals surface area contributed by atoms with Crippen LogP contribution < -0.4 is 10.5 Å². The van der Waals surface area contributed by atoms with Gasteiger partial charge in [0, 0.05) is 6.20 Å². The molecule has 0 saturated carbocycles. The third-order valence-corrected chi connectivity index (χ3v) is 2.43. The van der Waals surface area contributed by atoms with Crippen molar-refractivity contribution < 1.29 is 14.3 Å². The summed E-state index contributed by atoms with van der Waals surface area (Å²) in [6.45, 7) is 1.82. The van der Waals surface area contributed by atoms with Gasteiger partial charge >= 0.3 is 0 Å². The van der Waals surface area contributed by atoms with E-state index in [1.54, 1.807) is 24.3 Å². The van der Waals surface area contributed by atoms with Crippen LogP contribution in [0.25, 0.3) is 0 Å². The van der Waals surface area contributed by atoms with E-state index in [2.05, 4.69) is 10.1 Å². The lowest BCUT2D eigenvalue weighted by atomic mass is 10.2. The topological polar surface area (TPSA) is 80.7 Å². The lowest BCUT2D eigenvalue weighted by molar-refractivity contribution is 0.318. The number of rotatable bonds is 3. The first-order valence-corrected chi connectivity index (χ1v) is 5.48. The van der Waals surface area contributed by atoms with E-state index in [1.807, 2.05) is 6.92 Å². The molecule has 0 unspecified atom stereocenters. The molecule has 0 aliphatic rings. The van der Waals surface area contributed by atoms with Gasteiger partial charge in [-0.05, 0) is 36.8 Å². The molecule has 0 saturated heterocycles. The van der Waals surface area contributed by atoms with Crippen LogP contribution in [0.4, 0.5) is 4.39 Å². The standard InChI is InChI=1S/C13H12FN3O2/c1-8-4-5-9(14)11(7-8)19-10-3-2-6-16-12(10)13(15)17-18/h2-7,18H,1H3,(H2,15,17). The van der Waals surface area contributed by atoms with Crippen molar-refractivity contribution in [2.75, 3.05) is 0 Å². The van der Waals surface area contributed by atoms with Gasteiger partial charge in [-0.15, -0.1) is 0 Å². The molecule has 0 radical (unpaired) electrons. The van der Waals surface area contributed by atoms with Gasteiger partial charge in [0.1, 0.15) is 0 Å². The first-order valence-electron chi connectivity index (χ1n) is 5.48. The Morgan fingerprint density at radius 2 is 2.16 bits per heavy atom. The number of nitrogens with two attached hydrogens (primary N) is 1. The zero-order valence-electron chi connectivity index (χ0n) is 10.2. The Morgan fingerprint density at radius 3 is 2.89 bits per heavy atom. The number of nitrogens with zero attached hydrogens (tertiary/aromatic N) is 2. The summed E-state index contributed by atoms with van der Waals surface area (Å²) in [5.41, 5.74) is 6.48. The van der Waals surface area contributed by atoms with Gasteiger partial charge in [-0.25, -0.2) is 9.37 Å². The Kier molecular flexibility index (Phi) is 3.61. The first-order chi connectivity index (χ1) is 9.11. The Labute approximate surface area is 109 Å². The molecule has 2 rings (SSSR count). The number of pyridine rings is 1. The molecule has 0 amide bonds. The molecule has 1 heterocycles. The number of aryl methyl sites for hydroxylation is 1. The SMILES string of the molecule is Cc1ccc(F)c(Oc2cccnc2/C(N)=N/O)c1. The van der Waals surface area contributed by atoms with Crippen LogP contribution in [0.15, 0.2) is 41.7 Å². The van der Waals surface area contributed by atoms with Crippen LogP contribution in [0.1, 0.15) is 11.3 Å². The predicted molar refractivity (Wildman–Crippen MR) is 68.0 cm³/mol. The number of oxime groups is 1. The van der Waals surface area contributed by atoms with E-state index in [1.165, 1.54) is 12.3 Å². The fraction of sp³-hybridized carbons (Fsp3) is 0.0769. The second kappa shape index (κ2) is 5.34. The minimum Gasteiger partial charge on any atom is -0.452 e. The lowest BCUT2D eigenvalue weighted by Crippen LogP contribution is -2.16. The highest BCUT2D eigenvalue weighted by Gasteiger charge is 2.12. The predicted octanol–water partition coefficient (Wildman–Crippen LogP) is 2.42. The molecule has 0 spiro atoms. The highest BCUT2D eigenvalue weighted by molar-refractivity contribution is 5.97. The van der Waals surface area contributed by atoms with Crippen molar-refractivity contribution in [3.63, 3.8) is 0 Å². The Balaban J connectivity index is 2.41. The molecule has 5 nitrogen and oxygen atoms in total. The number of benzene rings is 1. The summed E-state index contributed by atoms with van der Waals surface area (Å²) in [5, 5.41) is 11.5. The molecule has 0 bridgehead atoms. The number of aromatic nitrogens is 1. The minimum absolute atomic E-state index is 0.0555. The average Bonchev–Trinajstić information content (AvgIpc) is 2.42. The molecule has 19 heavy (non-hydrogen) atoms. The minimum atomic E-state index is -0.500. The molecule has 6 heteroatoms. The van der Waals surface area contributed by atoms with Gasteiger partial charge in [-0.3, -0.25) is 0 Å². The smallest absolute Gasteiger partial charge is 0.192 e. The van der Waals surface area contributed by atoms with Crippen molar-refractivity contribution in [2.45, 2.75) is 6.92 Å². The van der Waals surface area contributed by atoms with E-state index < -0.39 is 5.82 Å². The van der Waals surface area contributed by atoms with Crippen LogP contribution in [-0.2, 0) is 0 Å². The highest BCUT2D eigenvalue weighted by Crippen LogP contribution is 2.27. The number of ether oxygens (including phenoxy) is 1. The first kappa shape index (κ1) is 12.8. The monoisotopic (exact) mass is 261 g/mol. The molecule has 0 atom stereocenters. The molecule has 0 aliphatic carbocycles. The molecule has 0 aliphatic heterocycles. The molecule has 1 aromatic carbocycles. The van der Waals surface area contributed by atoms with Gasteiger partial charge in [0.2, 0.25) is 0 Å². The van der Waals surface area contributed by atoms with E-state index in [4.69, 9.17) is 15.7 Å². The molecule has 98 valence electrons. The van der Waals surface area contributed by atoms with Gasteiger partial charge in [-0.1, -0.05) is 11.2 Å². The lowest BCUT2D eigenvalue weighted by Gasteiger charge is -2.10. The fourth-order valence-corrected chi connectivity index (χ4v) is 1.52. The van der Waals surface area contributed by atoms with Gasteiger partial charge in [0.25, 0.3) is 0 Å². The summed E-state index contributed by atoms with van der Waals surface area (Å²) >= 11 is 0. The van der Waals surface area contributed by atoms with Crippen LogP contribution >= 0.6 is 0 Å². The van der Waals surface area contributed by atoms with Gasteiger partial charge < -0.3 is 15.7 Å². The molecule has 1 aromatic heterocycles. The van der Waals surface area contributed by atoms with Crippen LogP contribution in [0.2, 0.25) is 0 Å². The second-order valence-corrected chi connectivity index (χ2v) is 3.87. The van der Waals surface area contributed by atoms with Crippen LogP contribution in [-0.4, -0.2) is 16.0 Å². The summed E-state index contributed by atoms with van der Waals surface area (Å²) in [6.07, 6.45) is 1.47. The quantitative estimate of drug-likeness (QED) is 0.385. The van der Waals surface area contributed by atoms with Crippen LogP contribution in [0.5, 0.6) is 11.5 Å². The average molecular weight is 261 g/mol. The van der Waals surface area contributed by atoms with E-state index >= 15 is 0 Å². The number of halogens is 1. The molecule has 0 fully saturated rings. The normalized spacial score (nSPS) is 11.4. The van der Waals surface area contributed by atoms with Crippen molar-refractivity contribution in [1.82, 2.24) is 4.98 Å². The summed E-state index contributed by atoms with van der Waals surface area (Å²) in [6, 6.07) is 7.66. The van der Waals surface area contributed by atoms with Crippen LogP contribution in [0, 0.1) is 12.7 Å². The van der Waals surface area contributed by atoms with Gasteiger partial charge in [0.15, 0.2) is 28.8 Å². The van der Waals surface area contributed by atoms with Crippen LogP contribution in [0.3, 0.4) is 0 Å². The maximum atomic E-state index is 13.6. The maximum absolute atomic E-state index is 13.6. The second-order valence-electron chi connectivity index (χ2n) is 3.87. The molecular formula is C13H12FN3O2. The van der Waals surface area contributed by atoms with Crippen molar-refractivity contribution in [1.29, 1.82) is 0 Å². The number of hydrogen-bond donors (Lipinski definition) is 2. The van der Waals surface area contributed by atoms with Crippen molar-refractivity contribution in [3.05, 3.63) is 53.6 Å². The maximum Gasteiger partial charge on any atom is 0.192 e. The summed E-state index contributed by atoms with van der Waals surface area (Å²) < 4.78 is 19.0. The zero-order chi connectivity index (χ0) is 13.8. The Hall–Kier alpha value is -2.63. The molecule has 3 N–H and O–H groups in total. The van der Waals surface area contributed by atoms with Gasteiger partial charge in [0.05, 0.1) is 0 Å². The summed E-state index contributed by atoms with van der Waals surface area (Å²) in [5.74, 6) is -0.439. The van der Waals surface area contributed by atoms with Gasteiger partial charge in [-0.2, -0.15) is 0 Å². The Morgan fingerprint density at radius 1 is 1.37 bits per heavy atom. The van der Waals surface area contributed by atoms with Crippen molar-refractivity contribution in [3.8, 4) is 11.5 Å². The number of amidine groups is 1. The van der Waals surface area contributed by atoms with Crippen molar-refractivity contribution >= 4 is 5.84 Å². The fourth-order valence-electron chi connectivity index (χ4n) is 1.52. The largest absolute Gasteiger partial charge is 0.452 e. The molecule has 2 aromatic rings. The summed E-state index contributed by atoms with van der Waals surface area (Å²) in [4.78, 5) is 3.93. The van der Waals surface area contributed by atoms with E-state index in [9.17, 15) is 4.39 Å². The van der Waals surface area contributed by atoms with E-state index in [0.717, 1.165) is 5.56 Å². The number of hydrogen-bond acceptors (Lipinski definition) is 4. The Bertz CT molecular complexity index is 629. The van der Waals surface area contributed by atoms with E-state index in [0.29, 0.717) is 0 Å². The zero-order valence-corrected chi connectivity index (χ0v) is 10.2. The molecular weight excluding hydrogens is 249 g/mol. The van der Waals surface area contributed by atoms with E-state index in [-0.39, 0.29) is 23.0 Å². The third kappa shape index (κ3) is 2.79.